The Labute approximate surface area is 111 Å². The molecule has 1 aromatic rings. The second kappa shape index (κ2) is 7.14. The predicted molar refractivity (Wildman–Crippen MR) is 71.9 cm³/mol. The van der Waals surface area contributed by atoms with E-state index >= 15 is 0 Å². The zero-order valence-electron chi connectivity index (χ0n) is 9.42. The summed E-state index contributed by atoms with van der Waals surface area (Å²) in [6.45, 7) is 2.21. The van der Waals surface area contributed by atoms with Crippen LogP contribution in [0.1, 0.15) is 24.5 Å². The molecular formula is C11H15Cl2N3O. The van der Waals surface area contributed by atoms with Crippen molar-refractivity contribution in [2.45, 2.75) is 19.9 Å². The van der Waals surface area contributed by atoms with Crippen molar-refractivity contribution in [2.24, 2.45) is 5.73 Å². The summed E-state index contributed by atoms with van der Waals surface area (Å²) in [5, 5.41) is 10.5. The molecule has 0 aliphatic heterocycles. The van der Waals surface area contributed by atoms with Gasteiger partial charge in [-0.15, -0.1) is 12.4 Å². The highest BCUT2D eigenvalue weighted by molar-refractivity contribution is 6.33. The third-order valence-electron chi connectivity index (χ3n) is 2.13. The highest BCUT2D eigenvalue weighted by Gasteiger charge is 2.05. The topological polar surface area (TPSA) is 79.0 Å². The number of rotatable bonds is 4. The molecule has 0 unspecified atom stereocenters. The SMILES string of the molecule is CCC(=O)NCc1ccc(Cl)c(C(=N)N)c1.Cl. The molecule has 6 heteroatoms. The van der Waals surface area contributed by atoms with Crippen molar-refractivity contribution in [1.29, 1.82) is 5.41 Å². The average Bonchev–Trinajstić information content (AvgIpc) is 2.27. The lowest BCUT2D eigenvalue weighted by Gasteiger charge is -2.07. The lowest BCUT2D eigenvalue weighted by molar-refractivity contribution is -0.120. The van der Waals surface area contributed by atoms with Crippen molar-refractivity contribution in [3.05, 3.63) is 34.3 Å². The van der Waals surface area contributed by atoms with E-state index in [0.29, 0.717) is 23.6 Å². The van der Waals surface area contributed by atoms with Gasteiger partial charge in [0.15, 0.2) is 0 Å². The van der Waals surface area contributed by atoms with E-state index in [1.54, 1.807) is 25.1 Å². The first kappa shape index (κ1) is 15.7. The first-order chi connectivity index (χ1) is 7.54. The smallest absolute Gasteiger partial charge is 0.219 e. The van der Waals surface area contributed by atoms with Crippen molar-refractivity contribution in [2.75, 3.05) is 0 Å². The minimum atomic E-state index is -0.0753. The Kier molecular flexibility index (Phi) is 6.61. The van der Waals surface area contributed by atoms with E-state index < -0.39 is 0 Å². The van der Waals surface area contributed by atoms with E-state index in [4.69, 9.17) is 22.7 Å². The van der Waals surface area contributed by atoms with Crippen LogP contribution in [0.25, 0.3) is 0 Å². The predicted octanol–water partition coefficient (Wildman–Crippen LogP) is 2.07. The summed E-state index contributed by atoms with van der Waals surface area (Å²) in [7, 11) is 0. The second-order valence-electron chi connectivity index (χ2n) is 3.36. The van der Waals surface area contributed by atoms with Crippen molar-refractivity contribution in [1.82, 2.24) is 5.32 Å². The molecule has 0 aliphatic rings. The number of halogens is 2. The number of nitrogens with one attached hydrogen (secondary N) is 2. The van der Waals surface area contributed by atoms with Crippen LogP contribution in [-0.4, -0.2) is 11.7 Å². The Balaban J connectivity index is 0.00000256. The molecule has 17 heavy (non-hydrogen) atoms. The fourth-order valence-electron chi connectivity index (χ4n) is 1.21. The van der Waals surface area contributed by atoms with E-state index in [1.165, 1.54) is 0 Å². The number of carbonyl (C=O) groups is 1. The summed E-state index contributed by atoms with van der Waals surface area (Å²) in [5.41, 5.74) is 6.74. The van der Waals surface area contributed by atoms with Crippen LogP contribution < -0.4 is 11.1 Å². The fourth-order valence-corrected chi connectivity index (χ4v) is 1.43. The molecule has 0 saturated carbocycles. The molecule has 4 N–H and O–H groups in total. The number of hydrogen-bond donors (Lipinski definition) is 3. The average molecular weight is 276 g/mol. The highest BCUT2D eigenvalue weighted by Crippen LogP contribution is 2.16. The van der Waals surface area contributed by atoms with Crippen LogP contribution in [-0.2, 0) is 11.3 Å². The standard InChI is InChI=1S/C11H14ClN3O.ClH/c1-2-10(16)15-6-7-3-4-9(12)8(5-7)11(13)14;/h3-5H,2,6H2,1H3,(H3,13,14)(H,15,16);1H. The van der Waals surface area contributed by atoms with Crippen molar-refractivity contribution in [3.63, 3.8) is 0 Å². The second-order valence-corrected chi connectivity index (χ2v) is 3.77. The van der Waals surface area contributed by atoms with Gasteiger partial charge in [0.1, 0.15) is 5.84 Å². The van der Waals surface area contributed by atoms with E-state index in [0.717, 1.165) is 5.56 Å². The zero-order valence-corrected chi connectivity index (χ0v) is 11.0. The first-order valence-corrected chi connectivity index (χ1v) is 5.32. The Morgan fingerprint density at radius 3 is 2.71 bits per heavy atom. The quantitative estimate of drug-likeness (QED) is 0.581. The molecule has 0 fully saturated rings. The van der Waals surface area contributed by atoms with Crippen LogP contribution >= 0.6 is 24.0 Å². The molecule has 0 spiro atoms. The largest absolute Gasteiger partial charge is 0.384 e. The normalized spacial score (nSPS) is 9.29. The van der Waals surface area contributed by atoms with Gasteiger partial charge in [0.05, 0.1) is 5.02 Å². The number of hydrogen-bond acceptors (Lipinski definition) is 2. The number of amides is 1. The molecule has 0 atom stereocenters. The molecule has 0 radical (unpaired) electrons. The Bertz CT molecular complexity index is 421. The maximum Gasteiger partial charge on any atom is 0.219 e. The van der Waals surface area contributed by atoms with Crippen LogP contribution in [0.2, 0.25) is 5.02 Å². The summed E-state index contributed by atoms with van der Waals surface area (Å²) in [5.74, 6) is -0.0898. The monoisotopic (exact) mass is 275 g/mol. The summed E-state index contributed by atoms with van der Waals surface area (Å²) in [6, 6.07) is 5.18. The van der Waals surface area contributed by atoms with Gasteiger partial charge >= 0.3 is 0 Å². The third-order valence-corrected chi connectivity index (χ3v) is 2.46. The number of nitrogen functional groups attached to an aromatic ring is 1. The zero-order chi connectivity index (χ0) is 12.1. The molecule has 0 heterocycles. The number of benzene rings is 1. The summed E-state index contributed by atoms with van der Waals surface area (Å²) in [4.78, 5) is 11.1. The van der Waals surface area contributed by atoms with Gasteiger partial charge in [0.2, 0.25) is 5.91 Å². The first-order valence-electron chi connectivity index (χ1n) is 4.94. The molecule has 0 saturated heterocycles. The van der Waals surface area contributed by atoms with E-state index in [1.807, 2.05) is 0 Å². The van der Waals surface area contributed by atoms with Gasteiger partial charge < -0.3 is 11.1 Å². The lowest BCUT2D eigenvalue weighted by Crippen LogP contribution is -2.21. The van der Waals surface area contributed by atoms with Crippen LogP contribution in [0.4, 0.5) is 0 Å². The molecule has 1 rings (SSSR count). The minimum absolute atomic E-state index is 0. The van der Waals surface area contributed by atoms with Gasteiger partial charge in [-0.05, 0) is 17.7 Å². The van der Waals surface area contributed by atoms with Gasteiger partial charge in [-0.2, -0.15) is 0 Å². The van der Waals surface area contributed by atoms with Gasteiger partial charge in [-0.1, -0.05) is 24.6 Å². The summed E-state index contributed by atoms with van der Waals surface area (Å²) in [6.07, 6.45) is 0.452. The van der Waals surface area contributed by atoms with Gasteiger partial charge in [0, 0.05) is 18.5 Å². The molecule has 0 bridgehead atoms. The summed E-state index contributed by atoms with van der Waals surface area (Å²) >= 11 is 5.87. The number of nitrogens with two attached hydrogens (primary N) is 1. The third kappa shape index (κ3) is 4.63. The van der Waals surface area contributed by atoms with Crippen LogP contribution in [0.15, 0.2) is 18.2 Å². The van der Waals surface area contributed by atoms with Gasteiger partial charge in [-0.3, -0.25) is 10.2 Å². The molecule has 1 aromatic carbocycles. The van der Waals surface area contributed by atoms with Crippen molar-refractivity contribution < 1.29 is 4.79 Å². The molecule has 4 nitrogen and oxygen atoms in total. The Hall–Kier alpha value is -1.26. The fraction of sp³-hybridized carbons (Fsp3) is 0.273. The van der Waals surface area contributed by atoms with E-state index in [-0.39, 0.29) is 24.1 Å². The van der Waals surface area contributed by atoms with Gasteiger partial charge in [0.25, 0.3) is 0 Å². The van der Waals surface area contributed by atoms with E-state index in [2.05, 4.69) is 5.32 Å². The molecular weight excluding hydrogens is 261 g/mol. The number of amidine groups is 1. The number of carbonyl (C=O) groups excluding carboxylic acids is 1. The molecule has 0 aromatic heterocycles. The highest BCUT2D eigenvalue weighted by atomic mass is 35.5. The molecule has 94 valence electrons. The van der Waals surface area contributed by atoms with Crippen LogP contribution in [0.5, 0.6) is 0 Å². The minimum Gasteiger partial charge on any atom is -0.384 e. The van der Waals surface area contributed by atoms with Crippen molar-refractivity contribution in [3.8, 4) is 0 Å². The lowest BCUT2D eigenvalue weighted by atomic mass is 10.1. The molecule has 1 amide bonds. The Morgan fingerprint density at radius 1 is 1.53 bits per heavy atom. The van der Waals surface area contributed by atoms with Crippen molar-refractivity contribution >= 4 is 35.8 Å². The van der Waals surface area contributed by atoms with Gasteiger partial charge in [-0.25, -0.2) is 0 Å². The maximum atomic E-state index is 11.1. The summed E-state index contributed by atoms with van der Waals surface area (Å²) < 4.78 is 0. The van der Waals surface area contributed by atoms with Crippen LogP contribution in [0, 0.1) is 5.41 Å². The van der Waals surface area contributed by atoms with Crippen LogP contribution in [0.3, 0.4) is 0 Å². The Morgan fingerprint density at radius 2 is 2.18 bits per heavy atom. The molecule has 0 aliphatic carbocycles. The maximum absolute atomic E-state index is 11.1. The van der Waals surface area contributed by atoms with E-state index in [9.17, 15) is 4.79 Å².